The Morgan fingerprint density at radius 2 is 1.71 bits per heavy atom. The first-order valence-electron chi connectivity index (χ1n) is 3.65. The highest BCUT2D eigenvalue weighted by Gasteiger charge is 2.20. The first-order valence-corrected chi connectivity index (χ1v) is 5.96. The van der Waals surface area contributed by atoms with Crippen LogP contribution in [-0.2, 0) is 9.05 Å². The van der Waals surface area contributed by atoms with Gasteiger partial charge in [-0.25, -0.2) is 17.2 Å². The fourth-order valence-electron chi connectivity index (χ4n) is 1.08. The molecule has 0 saturated heterocycles. The summed E-state index contributed by atoms with van der Waals surface area (Å²) in [7, 11) is 0.896. The summed E-state index contributed by atoms with van der Waals surface area (Å²) in [6, 6.07) is 0.718. The van der Waals surface area contributed by atoms with Gasteiger partial charge in [0.2, 0.25) is 0 Å². The summed E-state index contributed by atoms with van der Waals surface area (Å²) >= 11 is 0. The summed E-state index contributed by atoms with van der Waals surface area (Å²) in [5.41, 5.74) is -0.384. The first-order chi connectivity index (χ1) is 6.25. The second-order valence-corrected chi connectivity index (χ2v) is 5.39. The van der Waals surface area contributed by atoms with Crippen LogP contribution in [0.25, 0.3) is 0 Å². The molecule has 0 radical (unpaired) electrons. The lowest BCUT2D eigenvalue weighted by molar-refractivity contribution is 0.550. The van der Waals surface area contributed by atoms with Crippen molar-refractivity contribution in [3.8, 4) is 0 Å². The molecule has 0 amide bonds. The van der Waals surface area contributed by atoms with Crippen molar-refractivity contribution in [1.82, 2.24) is 0 Å². The van der Waals surface area contributed by atoms with Gasteiger partial charge < -0.3 is 0 Å². The Balaban J connectivity index is 3.66. The summed E-state index contributed by atoms with van der Waals surface area (Å²) < 4.78 is 48.0. The van der Waals surface area contributed by atoms with E-state index >= 15 is 0 Å². The highest BCUT2D eigenvalue weighted by molar-refractivity contribution is 8.13. The molecule has 0 saturated carbocycles. The van der Waals surface area contributed by atoms with Crippen molar-refractivity contribution >= 4 is 19.7 Å². The molecule has 0 spiro atoms. The summed E-state index contributed by atoms with van der Waals surface area (Å²) in [6.07, 6.45) is 0. The van der Waals surface area contributed by atoms with Gasteiger partial charge in [0.05, 0.1) is 4.90 Å². The fraction of sp³-hybridized carbons (Fsp3) is 0.250. The topological polar surface area (TPSA) is 34.1 Å². The van der Waals surface area contributed by atoms with Crippen molar-refractivity contribution in [2.45, 2.75) is 18.7 Å². The summed E-state index contributed by atoms with van der Waals surface area (Å²) in [5.74, 6) is -1.81. The molecule has 0 aliphatic rings. The highest BCUT2D eigenvalue weighted by Crippen LogP contribution is 2.25. The maximum absolute atomic E-state index is 13.2. The van der Waals surface area contributed by atoms with E-state index in [1.165, 1.54) is 13.8 Å². The molecule has 1 aromatic carbocycles. The summed E-state index contributed by atoms with van der Waals surface area (Å²) in [5, 5.41) is 0. The Kier molecular flexibility index (Phi) is 2.83. The lowest BCUT2D eigenvalue weighted by Gasteiger charge is -2.06. The zero-order chi connectivity index (χ0) is 11.1. The molecule has 0 aromatic heterocycles. The van der Waals surface area contributed by atoms with E-state index in [2.05, 4.69) is 0 Å². The lowest BCUT2D eigenvalue weighted by Crippen LogP contribution is -2.02. The third-order valence-electron chi connectivity index (χ3n) is 1.91. The van der Waals surface area contributed by atoms with E-state index < -0.39 is 25.6 Å². The van der Waals surface area contributed by atoms with E-state index in [1.807, 2.05) is 0 Å². The first kappa shape index (κ1) is 11.4. The number of benzene rings is 1. The average Bonchev–Trinajstić information content (AvgIpc) is 2.06. The molecule has 0 fully saturated rings. The molecule has 0 aliphatic carbocycles. The molecule has 14 heavy (non-hydrogen) atoms. The monoisotopic (exact) mass is 240 g/mol. The average molecular weight is 241 g/mol. The van der Waals surface area contributed by atoms with Gasteiger partial charge in [0.1, 0.15) is 11.6 Å². The minimum atomic E-state index is -4.10. The number of halogens is 3. The SMILES string of the molecule is Cc1c(F)cc(S(=O)(=O)Cl)c(C)c1F. The second-order valence-electron chi connectivity index (χ2n) is 2.86. The van der Waals surface area contributed by atoms with Gasteiger partial charge in [-0.15, -0.1) is 0 Å². The van der Waals surface area contributed by atoms with Gasteiger partial charge in [-0.1, -0.05) is 0 Å². The maximum Gasteiger partial charge on any atom is 0.261 e. The smallest absolute Gasteiger partial charge is 0.207 e. The lowest BCUT2D eigenvalue weighted by atomic mass is 10.1. The van der Waals surface area contributed by atoms with Crippen LogP contribution in [0.1, 0.15) is 11.1 Å². The molecule has 0 aliphatic heterocycles. The molecule has 0 N–H and O–H groups in total. The van der Waals surface area contributed by atoms with Gasteiger partial charge in [-0.2, -0.15) is 0 Å². The van der Waals surface area contributed by atoms with E-state index in [1.54, 1.807) is 0 Å². The molecule has 0 atom stereocenters. The minimum absolute atomic E-state index is 0.168. The van der Waals surface area contributed by atoms with Crippen molar-refractivity contribution < 1.29 is 17.2 Å². The van der Waals surface area contributed by atoms with Gasteiger partial charge in [0.15, 0.2) is 0 Å². The van der Waals surface area contributed by atoms with Gasteiger partial charge in [0, 0.05) is 21.8 Å². The van der Waals surface area contributed by atoms with E-state index in [0.717, 1.165) is 6.07 Å². The van der Waals surface area contributed by atoms with Gasteiger partial charge in [0.25, 0.3) is 9.05 Å². The van der Waals surface area contributed by atoms with Crippen LogP contribution in [0, 0.1) is 25.5 Å². The standard InChI is InChI=1S/C8H7ClF2O2S/c1-4-6(10)3-7(14(9,12)13)5(2)8(4)11/h3H,1-2H3. The molecule has 1 aromatic rings. The Morgan fingerprint density at radius 3 is 2.14 bits per heavy atom. The molecule has 78 valence electrons. The zero-order valence-corrected chi connectivity index (χ0v) is 9.01. The van der Waals surface area contributed by atoms with Crippen molar-refractivity contribution in [1.29, 1.82) is 0 Å². The van der Waals surface area contributed by atoms with Crippen LogP contribution in [0.3, 0.4) is 0 Å². The van der Waals surface area contributed by atoms with Crippen LogP contribution in [0.5, 0.6) is 0 Å². The Bertz CT molecular complexity index is 483. The van der Waals surface area contributed by atoms with Crippen LogP contribution < -0.4 is 0 Å². The van der Waals surface area contributed by atoms with Crippen LogP contribution in [0.4, 0.5) is 8.78 Å². The van der Waals surface area contributed by atoms with Crippen molar-refractivity contribution in [2.24, 2.45) is 0 Å². The predicted molar refractivity (Wildman–Crippen MR) is 48.9 cm³/mol. The predicted octanol–water partition coefficient (Wildman–Crippen LogP) is 2.51. The summed E-state index contributed by atoms with van der Waals surface area (Å²) in [4.78, 5) is -0.528. The molecular formula is C8H7ClF2O2S. The third-order valence-corrected chi connectivity index (χ3v) is 3.35. The van der Waals surface area contributed by atoms with Crippen LogP contribution >= 0.6 is 10.7 Å². The van der Waals surface area contributed by atoms with Gasteiger partial charge in [-0.05, 0) is 19.9 Å². The maximum atomic E-state index is 13.2. The normalized spacial score (nSPS) is 11.8. The zero-order valence-electron chi connectivity index (χ0n) is 7.44. The molecule has 2 nitrogen and oxygen atoms in total. The molecule has 6 heteroatoms. The Morgan fingerprint density at radius 1 is 1.21 bits per heavy atom. The molecule has 0 bridgehead atoms. The van der Waals surface area contributed by atoms with Crippen LogP contribution in [0.2, 0.25) is 0 Å². The van der Waals surface area contributed by atoms with Crippen LogP contribution in [0.15, 0.2) is 11.0 Å². The van der Waals surface area contributed by atoms with Gasteiger partial charge >= 0.3 is 0 Å². The van der Waals surface area contributed by atoms with E-state index in [9.17, 15) is 17.2 Å². The van der Waals surface area contributed by atoms with E-state index in [0.29, 0.717) is 0 Å². The molecule has 0 unspecified atom stereocenters. The third kappa shape index (κ3) is 1.88. The van der Waals surface area contributed by atoms with Crippen molar-refractivity contribution in [3.63, 3.8) is 0 Å². The second kappa shape index (κ2) is 3.47. The number of rotatable bonds is 1. The fourth-order valence-corrected chi connectivity index (χ4v) is 2.26. The molecule has 1 rings (SSSR count). The Labute approximate surface area is 84.9 Å². The van der Waals surface area contributed by atoms with E-state index in [4.69, 9.17) is 10.7 Å². The minimum Gasteiger partial charge on any atom is -0.207 e. The molecule has 0 heterocycles. The van der Waals surface area contributed by atoms with Crippen molar-refractivity contribution in [3.05, 3.63) is 28.8 Å². The van der Waals surface area contributed by atoms with E-state index in [-0.39, 0.29) is 11.1 Å². The van der Waals surface area contributed by atoms with Crippen LogP contribution in [-0.4, -0.2) is 8.42 Å². The number of hydrogen-bond donors (Lipinski definition) is 0. The molecular weight excluding hydrogens is 234 g/mol. The summed E-state index contributed by atoms with van der Waals surface area (Å²) in [6.45, 7) is 2.46. The Hall–Kier alpha value is -0.680. The quantitative estimate of drug-likeness (QED) is 0.707. The largest absolute Gasteiger partial charge is 0.261 e. The van der Waals surface area contributed by atoms with Crippen molar-refractivity contribution in [2.75, 3.05) is 0 Å². The number of hydrogen-bond acceptors (Lipinski definition) is 2. The highest BCUT2D eigenvalue weighted by atomic mass is 35.7. The van der Waals surface area contributed by atoms with Gasteiger partial charge in [-0.3, -0.25) is 0 Å².